The van der Waals surface area contributed by atoms with Crippen molar-refractivity contribution in [2.75, 3.05) is 4.90 Å². The van der Waals surface area contributed by atoms with Crippen molar-refractivity contribution in [1.82, 2.24) is 0 Å². The number of benzene rings is 8. The maximum Gasteiger partial charge on any atom is 0.0481 e. The van der Waals surface area contributed by atoms with Crippen LogP contribution >= 0.6 is 0 Å². The summed E-state index contributed by atoms with van der Waals surface area (Å²) in [4.78, 5) is 2.39. The van der Waals surface area contributed by atoms with Crippen LogP contribution in [0.15, 0.2) is 200 Å². The summed E-state index contributed by atoms with van der Waals surface area (Å²) in [6.07, 6.45) is 0. The van der Waals surface area contributed by atoms with Crippen molar-refractivity contribution >= 4 is 32.9 Å². The minimum atomic E-state index is 0.164. The Kier molecular flexibility index (Phi) is 8.94. The first kappa shape index (κ1) is 33.0. The molecule has 54 heavy (non-hydrogen) atoms. The second-order valence-electron chi connectivity index (χ2n) is 14.0. The third kappa shape index (κ3) is 6.63. The van der Waals surface area contributed by atoms with E-state index in [1.54, 1.807) is 0 Å². The van der Waals surface area contributed by atoms with Crippen LogP contribution in [0.1, 0.15) is 29.5 Å². The molecule has 0 fully saturated rings. The molecule has 0 aliphatic rings. The molecule has 1 nitrogen and oxygen atoms in total. The molecule has 0 aromatic heterocycles. The average molecular weight is 690 g/mol. The van der Waals surface area contributed by atoms with Crippen LogP contribution < -0.4 is 4.90 Å². The highest BCUT2D eigenvalue weighted by atomic mass is 15.1. The largest absolute Gasteiger partial charge is 0.337 e. The van der Waals surface area contributed by atoms with Gasteiger partial charge in [0.25, 0.3) is 0 Å². The van der Waals surface area contributed by atoms with Gasteiger partial charge in [-0.1, -0.05) is 177 Å². The number of anilines is 2. The maximum absolute atomic E-state index is 3.56. The van der Waals surface area contributed by atoms with Crippen LogP contribution in [0.2, 0.25) is 0 Å². The third-order valence-electron chi connectivity index (χ3n) is 10.7. The van der Waals surface area contributed by atoms with Gasteiger partial charge < -0.3 is 4.90 Å². The van der Waals surface area contributed by atoms with Gasteiger partial charge in [-0.15, -0.1) is 0 Å². The molecule has 0 saturated heterocycles. The summed E-state index contributed by atoms with van der Waals surface area (Å²) >= 11 is 0. The van der Waals surface area contributed by atoms with E-state index >= 15 is 0 Å². The zero-order valence-electron chi connectivity index (χ0n) is 30.3. The van der Waals surface area contributed by atoms with Crippen molar-refractivity contribution < 1.29 is 0 Å². The van der Waals surface area contributed by atoms with Crippen LogP contribution in [-0.4, -0.2) is 0 Å². The first-order valence-electron chi connectivity index (χ1n) is 18.7. The SMILES string of the molecule is CC(c1c#cc(-c2ccc(N(Cc3ccc(-c4ccccc4)cc3)c3ccc(-c4ccccc4)cc3)cc2)cc1)c1c2ccccc2cc2ccccc12. The minimum absolute atomic E-state index is 0.164. The van der Waals surface area contributed by atoms with E-state index in [2.05, 4.69) is 224 Å². The predicted octanol–water partition coefficient (Wildman–Crippen LogP) is 14.1. The Labute approximate surface area is 318 Å². The van der Waals surface area contributed by atoms with Crippen LogP contribution in [0.4, 0.5) is 11.4 Å². The van der Waals surface area contributed by atoms with Crippen molar-refractivity contribution in [3.05, 3.63) is 229 Å². The first-order chi connectivity index (χ1) is 26.7. The Morgan fingerprint density at radius 2 is 0.889 bits per heavy atom. The lowest BCUT2D eigenvalue weighted by molar-refractivity contribution is 0.944. The number of rotatable bonds is 9. The zero-order valence-corrected chi connectivity index (χ0v) is 30.3. The fraction of sp³-hybridized carbons (Fsp3) is 0.0566. The topological polar surface area (TPSA) is 3.24 Å². The molecule has 9 aromatic rings. The molecule has 0 N–H and O–H groups in total. The van der Waals surface area contributed by atoms with E-state index < -0.39 is 0 Å². The Bertz CT molecular complexity index is 2590. The van der Waals surface area contributed by atoms with Gasteiger partial charge in [-0.3, -0.25) is 0 Å². The average Bonchev–Trinajstić information content (AvgIpc) is 3.25. The standard InChI is InChI=1S/C53H39N/c1-38(53-51-18-10-8-16-47(51)36-48-17-9-11-19-52(48)53)40-24-26-44(27-25-40)46-30-34-50(35-31-46)54(49-32-28-45(29-33-49)42-14-6-3-7-15-42)37-39-20-22-43(23-21-39)41-12-4-2-5-13-41/h2-24,26,28-36,38H,37H2,1H3. The van der Waals surface area contributed by atoms with Gasteiger partial charge in [-0.2, -0.15) is 0 Å². The molecule has 0 aliphatic heterocycles. The monoisotopic (exact) mass is 689 g/mol. The van der Waals surface area contributed by atoms with Crippen LogP contribution in [0, 0.1) is 12.1 Å². The van der Waals surface area contributed by atoms with Gasteiger partial charge in [0.1, 0.15) is 0 Å². The van der Waals surface area contributed by atoms with Crippen LogP contribution in [-0.2, 0) is 6.54 Å². The molecule has 9 aromatic carbocycles. The molecule has 9 rings (SSSR count). The van der Waals surface area contributed by atoms with E-state index in [1.807, 2.05) is 0 Å². The van der Waals surface area contributed by atoms with Crippen molar-refractivity contribution in [3.8, 4) is 33.4 Å². The number of fused-ring (bicyclic) bond motifs is 2. The van der Waals surface area contributed by atoms with Gasteiger partial charge in [0, 0.05) is 35.0 Å². The van der Waals surface area contributed by atoms with E-state index in [0.717, 1.165) is 34.6 Å². The molecule has 0 radical (unpaired) electrons. The molecule has 1 heteroatoms. The summed E-state index contributed by atoms with van der Waals surface area (Å²) in [7, 11) is 0. The Balaban J connectivity index is 1.00. The quantitative estimate of drug-likeness (QED) is 0.136. The number of nitrogens with zero attached hydrogens (tertiary/aromatic N) is 1. The molecule has 0 bridgehead atoms. The second kappa shape index (κ2) is 14.6. The van der Waals surface area contributed by atoms with Gasteiger partial charge in [-0.25, -0.2) is 0 Å². The van der Waals surface area contributed by atoms with Gasteiger partial charge in [0.2, 0.25) is 0 Å². The minimum Gasteiger partial charge on any atom is -0.337 e. The molecule has 0 saturated carbocycles. The second-order valence-corrected chi connectivity index (χ2v) is 14.0. The number of hydrogen-bond acceptors (Lipinski definition) is 1. The highest BCUT2D eigenvalue weighted by Crippen LogP contribution is 2.37. The van der Waals surface area contributed by atoms with Crippen LogP contribution in [0.3, 0.4) is 0 Å². The lowest BCUT2D eigenvalue weighted by Gasteiger charge is -2.26. The molecule has 0 amide bonds. The molecule has 256 valence electrons. The van der Waals surface area contributed by atoms with Crippen molar-refractivity contribution in [2.45, 2.75) is 19.4 Å². The Morgan fingerprint density at radius 3 is 1.41 bits per heavy atom. The summed E-state index contributed by atoms with van der Waals surface area (Å²) < 4.78 is 0. The summed E-state index contributed by atoms with van der Waals surface area (Å²) in [5, 5.41) is 5.12. The zero-order chi connectivity index (χ0) is 36.3. The fourth-order valence-electron chi connectivity index (χ4n) is 7.72. The van der Waals surface area contributed by atoms with Crippen molar-refractivity contribution in [3.63, 3.8) is 0 Å². The molecule has 0 aliphatic carbocycles. The van der Waals surface area contributed by atoms with Crippen LogP contribution in [0.25, 0.3) is 54.9 Å². The van der Waals surface area contributed by atoms with Crippen molar-refractivity contribution in [2.24, 2.45) is 0 Å². The van der Waals surface area contributed by atoms with Gasteiger partial charge >= 0.3 is 0 Å². The van der Waals surface area contributed by atoms with E-state index in [0.29, 0.717) is 0 Å². The summed E-state index contributed by atoms with van der Waals surface area (Å²) in [5.41, 5.74) is 13.1. The van der Waals surface area contributed by atoms with E-state index in [1.165, 1.54) is 54.9 Å². The van der Waals surface area contributed by atoms with Crippen LogP contribution in [0.5, 0.6) is 0 Å². The molecular weight excluding hydrogens is 651 g/mol. The molecule has 0 heterocycles. The lowest BCUT2D eigenvalue weighted by Crippen LogP contribution is -2.16. The first-order valence-corrected chi connectivity index (χ1v) is 18.7. The predicted molar refractivity (Wildman–Crippen MR) is 228 cm³/mol. The van der Waals surface area contributed by atoms with Gasteiger partial charge in [0.05, 0.1) is 0 Å². The lowest BCUT2D eigenvalue weighted by atomic mass is 9.85. The maximum atomic E-state index is 3.56. The number of hydrogen-bond donors (Lipinski definition) is 0. The Hall–Kier alpha value is -6.88. The smallest absolute Gasteiger partial charge is 0.0481 e. The summed E-state index contributed by atoms with van der Waals surface area (Å²) in [6.45, 7) is 3.03. The van der Waals surface area contributed by atoms with Gasteiger partial charge in [-0.05, 0) is 103 Å². The summed E-state index contributed by atoms with van der Waals surface area (Å²) in [5.74, 6) is 0.164. The highest BCUT2D eigenvalue weighted by Gasteiger charge is 2.17. The highest BCUT2D eigenvalue weighted by molar-refractivity contribution is 6.03. The van der Waals surface area contributed by atoms with E-state index in [-0.39, 0.29) is 5.92 Å². The molecule has 1 unspecified atom stereocenters. The van der Waals surface area contributed by atoms with E-state index in [4.69, 9.17) is 0 Å². The van der Waals surface area contributed by atoms with Gasteiger partial charge in [0.15, 0.2) is 0 Å². The molecule has 0 spiro atoms. The van der Waals surface area contributed by atoms with Crippen molar-refractivity contribution in [1.29, 1.82) is 0 Å². The fourth-order valence-corrected chi connectivity index (χ4v) is 7.72. The Morgan fingerprint density at radius 1 is 0.426 bits per heavy atom. The molecular formula is C53H39N. The summed E-state index contributed by atoms with van der Waals surface area (Å²) in [6, 6.07) is 79.1. The normalized spacial score (nSPS) is 11.6. The van der Waals surface area contributed by atoms with E-state index in [9.17, 15) is 0 Å². The third-order valence-corrected chi connectivity index (χ3v) is 10.7. The molecule has 1 atom stereocenters.